The maximum atomic E-state index is 11.6. The third-order valence-electron chi connectivity index (χ3n) is 2.28. The second kappa shape index (κ2) is 10.1. The molecule has 0 spiro atoms. The number of aliphatic carboxylic acids is 1. The Bertz CT molecular complexity index is 364. The van der Waals surface area contributed by atoms with E-state index < -0.39 is 29.2 Å². The lowest BCUT2D eigenvalue weighted by Crippen LogP contribution is -2.42. The number of carboxylic acid groups (broad SMARTS) is 1. The van der Waals surface area contributed by atoms with Crippen LogP contribution in [0.15, 0.2) is 0 Å². The number of nitrogens with one attached hydrogen (secondary N) is 3. The summed E-state index contributed by atoms with van der Waals surface area (Å²) < 4.78 is 0. The van der Waals surface area contributed by atoms with Gasteiger partial charge in [0.2, 0.25) is 12.3 Å². The molecule has 0 heterocycles. The lowest BCUT2D eigenvalue weighted by atomic mass is 10.2. The minimum atomic E-state index is -1.13. The molecule has 9 heteroatoms. The van der Waals surface area contributed by atoms with Gasteiger partial charge in [0.25, 0.3) is 0 Å². The summed E-state index contributed by atoms with van der Waals surface area (Å²) in [5.41, 5.74) is 0. The molecule has 20 heavy (non-hydrogen) atoms. The first kappa shape index (κ1) is 18.2. The summed E-state index contributed by atoms with van der Waals surface area (Å²) in [6.45, 7) is 3.76. The second-order valence-corrected chi connectivity index (χ2v) is 5.27. The summed E-state index contributed by atoms with van der Waals surface area (Å²) in [5, 5.41) is 15.1. The molecule has 4 amide bonds. The molecule has 0 radical (unpaired) electrons. The Kier molecular flexibility index (Phi) is 9.18. The van der Waals surface area contributed by atoms with Gasteiger partial charge >= 0.3 is 12.0 Å². The summed E-state index contributed by atoms with van der Waals surface area (Å²) in [4.78, 5) is 43.7. The highest BCUT2D eigenvalue weighted by atomic mass is 32.2. The number of thioether (sulfide) groups is 1. The molecule has 8 nitrogen and oxygen atoms in total. The smallest absolute Gasteiger partial charge is 0.326 e. The standard InChI is InChI=1S/C11H19N3O5S/c1-3-12-11(19)14-9(16)7(2)20-5-4-8(10(17)18)13-6-15/h6-8H,3-5H2,1-2H3,(H,13,15)(H,17,18)(H2,12,14,16,19). The zero-order valence-electron chi connectivity index (χ0n) is 11.3. The second-order valence-electron chi connectivity index (χ2n) is 3.83. The zero-order valence-corrected chi connectivity index (χ0v) is 12.2. The van der Waals surface area contributed by atoms with Gasteiger partial charge in [0.05, 0.1) is 5.25 Å². The van der Waals surface area contributed by atoms with Gasteiger partial charge < -0.3 is 15.7 Å². The highest BCUT2D eigenvalue weighted by molar-refractivity contribution is 8.00. The summed E-state index contributed by atoms with van der Waals surface area (Å²) in [7, 11) is 0. The van der Waals surface area contributed by atoms with E-state index in [0.29, 0.717) is 18.7 Å². The van der Waals surface area contributed by atoms with Crippen molar-refractivity contribution in [3.63, 3.8) is 0 Å². The van der Waals surface area contributed by atoms with Gasteiger partial charge in [0.15, 0.2) is 0 Å². The molecule has 0 fully saturated rings. The molecule has 4 N–H and O–H groups in total. The van der Waals surface area contributed by atoms with Crippen molar-refractivity contribution in [3.05, 3.63) is 0 Å². The lowest BCUT2D eigenvalue weighted by Gasteiger charge is -2.14. The van der Waals surface area contributed by atoms with Crippen LogP contribution in [-0.4, -0.2) is 53.0 Å². The molecule has 2 unspecified atom stereocenters. The van der Waals surface area contributed by atoms with E-state index in [1.165, 1.54) is 11.8 Å². The fourth-order valence-electron chi connectivity index (χ4n) is 1.22. The van der Waals surface area contributed by atoms with Gasteiger partial charge in [-0.2, -0.15) is 0 Å². The van der Waals surface area contributed by atoms with Crippen molar-refractivity contribution in [2.24, 2.45) is 0 Å². The van der Waals surface area contributed by atoms with E-state index >= 15 is 0 Å². The topological polar surface area (TPSA) is 125 Å². The van der Waals surface area contributed by atoms with Gasteiger partial charge in [-0.25, -0.2) is 9.59 Å². The van der Waals surface area contributed by atoms with Gasteiger partial charge in [0.1, 0.15) is 6.04 Å². The SMILES string of the molecule is CCNC(=O)NC(=O)C(C)SCCC(NC=O)C(=O)O. The largest absolute Gasteiger partial charge is 0.480 e. The first-order valence-electron chi connectivity index (χ1n) is 6.05. The number of imide groups is 1. The molecule has 0 saturated carbocycles. The van der Waals surface area contributed by atoms with Crippen molar-refractivity contribution in [1.29, 1.82) is 0 Å². The van der Waals surface area contributed by atoms with Crippen molar-refractivity contribution in [2.75, 3.05) is 12.3 Å². The van der Waals surface area contributed by atoms with E-state index in [2.05, 4.69) is 16.0 Å². The number of rotatable bonds is 9. The van der Waals surface area contributed by atoms with Crippen molar-refractivity contribution >= 4 is 36.1 Å². The van der Waals surface area contributed by atoms with Crippen LogP contribution < -0.4 is 16.0 Å². The summed E-state index contributed by atoms with van der Waals surface area (Å²) in [5.74, 6) is -1.21. The van der Waals surface area contributed by atoms with E-state index in [9.17, 15) is 19.2 Å². The van der Waals surface area contributed by atoms with E-state index in [0.717, 1.165) is 0 Å². The molecule has 0 aliphatic carbocycles. The molecule has 0 aromatic rings. The zero-order chi connectivity index (χ0) is 15.5. The fraction of sp³-hybridized carbons (Fsp3) is 0.636. The molecule has 0 aliphatic heterocycles. The Morgan fingerprint density at radius 3 is 2.50 bits per heavy atom. The monoisotopic (exact) mass is 305 g/mol. The molecule has 0 aromatic carbocycles. The molecule has 0 aliphatic rings. The highest BCUT2D eigenvalue weighted by Gasteiger charge is 2.19. The molecule has 2 atom stereocenters. The van der Waals surface area contributed by atoms with Crippen LogP contribution in [0.25, 0.3) is 0 Å². The highest BCUT2D eigenvalue weighted by Crippen LogP contribution is 2.13. The summed E-state index contributed by atoms with van der Waals surface area (Å²) in [6, 6.07) is -1.53. The minimum absolute atomic E-state index is 0.192. The van der Waals surface area contributed by atoms with Gasteiger partial charge in [-0.05, 0) is 26.0 Å². The van der Waals surface area contributed by atoms with Crippen LogP contribution >= 0.6 is 11.8 Å². The predicted molar refractivity (Wildman–Crippen MR) is 74.4 cm³/mol. The Hall–Kier alpha value is -1.77. The number of hydrogen-bond donors (Lipinski definition) is 4. The fourth-order valence-corrected chi connectivity index (χ4v) is 2.15. The average Bonchev–Trinajstić information content (AvgIpc) is 2.37. The molecular weight excluding hydrogens is 286 g/mol. The Morgan fingerprint density at radius 2 is 2.00 bits per heavy atom. The number of hydrogen-bond acceptors (Lipinski definition) is 5. The first-order chi connectivity index (χ1) is 9.42. The van der Waals surface area contributed by atoms with E-state index in [4.69, 9.17) is 5.11 Å². The predicted octanol–water partition coefficient (Wildman–Crippen LogP) is -0.457. The molecule has 0 saturated heterocycles. The van der Waals surface area contributed by atoms with Crippen LogP contribution in [0.1, 0.15) is 20.3 Å². The van der Waals surface area contributed by atoms with Crippen molar-refractivity contribution < 1.29 is 24.3 Å². The van der Waals surface area contributed by atoms with Crippen LogP contribution in [0.3, 0.4) is 0 Å². The van der Waals surface area contributed by atoms with Crippen LogP contribution in [0.2, 0.25) is 0 Å². The van der Waals surface area contributed by atoms with Gasteiger partial charge in [-0.1, -0.05) is 0 Å². The van der Waals surface area contributed by atoms with Crippen LogP contribution in [0.5, 0.6) is 0 Å². The molecule has 0 bridgehead atoms. The van der Waals surface area contributed by atoms with E-state index in [1.807, 2.05) is 0 Å². The van der Waals surface area contributed by atoms with E-state index in [1.54, 1.807) is 13.8 Å². The number of carboxylic acids is 1. The molecule has 0 rings (SSSR count). The van der Waals surface area contributed by atoms with Gasteiger partial charge in [-0.3, -0.25) is 14.9 Å². The number of carbonyl (C=O) groups is 4. The first-order valence-corrected chi connectivity index (χ1v) is 7.10. The number of carbonyl (C=O) groups excluding carboxylic acids is 3. The Morgan fingerprint density at radius 1 is 1.35 bits per heavy atom. The third-order valence-corrected chi connectivity index (χ3v) is 3.47. The Balaban J connectivity index is 4.05. The number of amides is 4. The summed E-state index contributed by atoms with van der Waals surface area (Å²) >= 11 is 1.20. The third kappa shape index (κ3) is 7.62. The molecular formula is C11H19N3O5S. The lowest BCUT2D eigenvalue weighted by molar-refractivity contribution is -0.140. The van der Waals surface area contributed by atoms with Crippen LogP contribution in [-0.2, 0) is 14.4 Å². The number of urea groups is 1. The summed E-state index contributed by atoms with van der Waals surface area (Å²) in [6.07, 6.45) is 0.520. The maximum Gasteiger partial charge on any atom is 0.326 e. The maximum absolute atomic E-state index is 11.6. The quantitative estimate of drug-likeness (QED) is 0.427. The van der Waals surface area contributed by atoms with Crippen LogP contribution in [0, 0.1) is 0 Å². The van der Waals surface area contributed by atoms with Crippen LogP contribution in [0.4, 0.5) is 4.79 Å². The average molecular weight is 305 g/mol. The van der Waals surface area contributed by atoms with E-state index in [-0.39, 0.29) is 6.42 Å². The van der Waals surface area contributed by atoms with Crippen molar-refractivity contribution in [3.8, 4) is 0 Å². The molecule has 0 aromatic heterocycles. The normalized spacial score (nSPS) is 12.9. The Labute approximate surface area is 121 Å². The van der Waals surface area contributed by atoms with Gasteiger partial charge in [-0.15, -0.1) is 11.8 Å². The van der Waals surface area contributed by atoms with Crippen molar-refractivity contribution in [2.45, 2.75) is 31.6 Å². The molecule has 114 valence electrons. The van der Waals surface area contributed by atoms with Gasteiger partial charge in [0, 0.05) is 6.54 Å². The van der Waals surface area contributed by atoms with Crippen molar-refractivity contribution in [1.82, 2.24) is 16.0 Å². The minimum Gasteiger partial charge on any atom is -0.480 e.